The van der Waals surface area contributed by atoms with Crippen molar-refractivity contribution in [3.63, 3.8) is 0 Å². The summed E-state index contributed by atoms with van der Waals surface area (Å²) in [5.41, 5.74) is 2.73. The second kappa shape index (κ2) is 6.37. The third kappa shape index (κ3) is 2.70. The second-order valence-corrected chi connectivity index (χ2v) is 6.96. The van der Waals surface area contributed by atoms with Gasteiger partial charge >= 0.3 is 0 Å². The van der Waals surface area contributed by atoms with Crippen LogP contribution in [0.4, 0.5) is 14.7 Å². The Balaban J connectivity index is 1.68. The van der Waals surface area contributed by atoms with Gasteiger partial charge in [-0.25, -0.2) is 13.5 Å². The number of carbonyl (C=O) groups is 1. The van der Waals surface area contributed by atoms with Gasteiger partial charge in [-0.1, -0.05) is 12.1 Å². The Kier molecular flexibility index (Phi) is 3.82. The van der Waals surface area contributed by atoms with Gasteiger partial charge in [-0.05, 0) is 54.8 Å². The molecule has 2 aromatic carbocycles. The summed E-state index contributed by atoms with van der Waals surface area (Å²) < 4.78 is 28.8. The average Bonchev–Trinajstić information content (AvgIpc) is 3.10. The zero-order chi connectivity index (χ0) is 19.3. The van der Waals surface area contributed by atoms with Crippen LogP contribution in [0.5, 0.6) is 0 Å². The summed E-state index contributed by atoms with van der Waals surface area (Å²) in [6.45, 7) is 0. The van der Waals surface area contributed by atoms with E-state index in [1.54, 1.807) is 28.9 Å². The molecule has 0 radical (unpaired) electrons. The van der Waals surface area contributed by atoms with E-state index < -0.39 is 6.04 Å². The Bertz CT molecular complexity index is 1120. The lowest BCUT2D eigenvalue weighted by atomic mass is 9.85. The van der Waals surface area contributed by atoms with Crippen LogP contribution in [0.2, 0.25) is 0 Å². The van der Waals surface area contributed by atoms with Crippen molar-refractivity contribution in [1.82, 2.24) is 14.8 Å². The second-order valence-electron chi connectivity index (χ2n) is 6.96. The molecule has 28 heavy (non-hydrogen) atoms. The number of fused-ring (bicyclic) bond motifs is 1. The van der Waals surface area contributed by atoms with E-state index in [-0.39, 0.29) is 17.4 Å². The average molecular weight is 378 g/mol. The number of nitrogens with one attached hydrogen (secondary N) is 1. The zero-order valence-electron chi connectivity index (χ0n) is 14.8. The molecular formula is C21H16F2N4O. The van der Waals surface area contributed by atoms with Crippen molar-refractivity contribution in [3.05, 3.63) is 77.0 Å². The normalized spacial score (nSPS) is 18.5. The predicted octanol–water partition coefficient (Wildman–Crippen LogP) is 4.25. The molecule has 1 aromatic heterocycles. The predicted molar refractivity (Wildman–Crippen MR) is 99.5 cm³/mol. The lowest BCUT2D eigenvalue weighted by molar-refractivity contribution is -0.116. The Labute approximate surface area is 159 Å². The van der Waals surface area contributed by atoms with Gasteiger partial charge in [0.05, 0.1) is 0 Å². The number of allylic oxidation sites excluding steroid dienone is 2. The largest absolute Gasteiger partial charge is 0.328 e. The van der Waals surface area contributed by atoms with Gasteiger partial charge in [0.15, 0.2) is 11.6 Å². The summed E-state index contributed by atoms with van der Waals surface area (Å²) in [5.74, 6) is 0.221. The molecule has 0 saturated carbocycles. The quantitative estimate of drug-likeness (QED) is 0.724. The van der Waals surface area contributed by atoms with Crippen LogP contribution < -0.4 is 5.32 Å². The lowest BCUT2D eigenvalue weighted by Crippen LogP contribution is -2.31. The van der Waals surface area contributed by atoms with Crippen LogP contribution in [0, 0.1) is 11.6 Å². The zero-order valence-corrected chi connectivity index (χ0v) is 14.8. The van der Waals surface area contributed by atoms with Crippen molar-refractivity contribution in [2.45, 2.75) is 25.3 Å². The molecule has 0 fully saturated rings. The van der Waals surface area contributed by atoms with Gasteiger partial charge in [0.2, 0.25) is 5.95 Å². The molecular weight excluding hydrogens is 362 g/mol. The Hall–Kier alpha value is -3.35. The van der Waals surface area contributed by atoms with E-state index in [9.17, 15) is 13.6 Å². The minimum absolute atomic E-state index is 0.0347. The van der Waals surface area contributed by atoms with Gasteiger partial charge in [0.1, 0.15) is 17.7 Å². The van der Waals surface area contributed by atoms with Gasteiger partial charge < -0.3 is 5.32 Å². The third-order valence-electron chi connectivity index (χ3n) is 5.13. The van der Waals surface area contributed by atoms with Gasteiger partial charge in [-0.2, -0.15) is 4.98 Å². The van der Waals surface area contributed by atoms with E-state index in [1.165, 1.54) is 24.3 Å². The highest BCUT2D eigenvalue weighted by molar-refractivity contribution is 5.99. The van der Waals surface area contributed by atoms with Crippen molar-refractivity contribution in [2.24, 2.45) is 0 Å². The molecule has 1 aliphatic carbocycles. The molecule has 1 N–H and O–H groups in total. The van der Waals surface area contributed by atoms with E-state index in [1.807, 2.05) is 0 Å². The summed E-state index contributed by atoms with van der Waals surface area (Å²) in [5, 5.41) is 7.80. The Morgan fingerprint density at radius 1 is 1.04 bits per heavy atom. The fourth-order valence-electron chi connectivity index (χ4n) is 3.86. The maximum absolute atomic E-state index is 13.9. The van der Waals surface area contributed by atoms with Crippen molar-refractivity contribution in [3.8, 4) is 11.4 Å². The van der Waals surface area contributed by atoms with Crippen LogP contribution in [-0.4, -0.2) is 20.5 Å². The third-order valence-corrected chi connectivity index (χ3v) is 5.13. The molecule has 3 aromatic rings. The summed E-state index contributed by atoms with van der Waals surface area (Å²) >= 11 is 0. The van der Waals surface area contributed by atoms with E-state index >= 15 is 0 Å². The van der Waals surface area contributed by atoms with Crippen LogP contribution >= 0.6 is 0 Å². The van der Waals surface area contributed by atoms with Crippen molar-refractivity contribution >= 4 is 11.7 Å². The van der Waals surface area contributed by atoms with Crippen LogP contribution in [0.3, 0.4) is 0 Å². The maximum atomic E-state index is 13.9. The van der Waals surface area contributed by atoms with Crippen LogP contribution in [-0.2, 0) is 4.79 Å². The first-order chi connectivity index (χ1) is 13.6. The number of rotatable bonds is 2. The lowest BCUT2D eigenvalue weighted by Gasteiger charge is -2.32. The summed E-state index contributed by atoms with van der Waals surface area (Å²) in [4.78, 5) is 17.3. The summed E-state index contributed by atoms with van der Waals surface area (Å²) in [6, 6.07) is 11.6. The van der Waals surface area contributed by atoms with Gasteiger partial charge in [-0.3, -0.25) is 4.79 Å². The van der Waals surface area contributed by atoms with E-state index in [0.717, 1.165) is 18.5 Å². The molecule has 0 amide bonds. The standard InChI is InChI=1S/C21H16F2N4O/c22-14-9-7-12(8-10-14)20-25-21-24-16-5-2-6-17(28)18(16)19(27(21)26-20)13-3-1-4-15(23)11-13/h1,3-4,7-11,19H,2,5-6H2,(H,24,25,26). The monoisotopic (exact) mass is 378 g/mol. The van der Waals surface area contributed by atoms with Crippen molar-refractivity contribution in [1.29, 1.82) is 0 Å². The first kappa shape index (κ1) is 16.8. The number of ketones is 1. The van der Waals surface area contributed by atoms with E-state index in [4.69, 9.17) is 0 Å². The molecule has 7 heteroatoms. The molecule has 140 valence electrons. The van der Waals surface area contributed by atoms with Crippen LogP contribution in [0.15, 0.2) is 59.8 Å². The Morgan fingerprint density at radius 3 is 2.64 bits per heavy atom. The van der Waals surface area contributed by atoms with Gasteiger partial charge in [-0.15, -0.1) is 5.10 Å². The fraction of sp³-hybridized carbons (Fsp3) is 0.190. The number of anilines is 1. The number of hydrogen-bond acceptors (Lipinski definition) is 4. The SMILES string of the molecule is O=C1CCCC2=C1C(c1cccc(F)c1)n1nc(-c3ccc(F)cc3)nc1N2. The molecule has 5 rings (SSSR count). The molecule has 5 nitrogen and oxygen atoms in total. The minimum atomic E-state index is -0.545. The first-order valence-electron chi connectivity index (χ1n) is 9.11. The van der Waals surface area contributed by atoms with Gasteiger partial charge in [0, 0.05) is 23.3 Å². The number of hydrogen-bond donors (Lipinski definition) is 1. The maximum Gasteiger partial charge on any atom is 0.226 e. The number of halogens is 2. The molecule has 1 unspecified atom stereocenters. The molecule has 0 spiro atoms. The molecule has 1 atom stereocenters. The first-order valence-corrected chi connectivity index (χ1v) is 9.11. The van der Waals surface area contributed by atoms with E-state index in [2.05, 4.69) is 15.4 Å². The fourth-order valence-corrected chi connectivity index (χ4v) is 3.86. The molecule has 0 saturated heterocycles. The molecule has 0 bridgehead atoms. The number of aromatic nitrogens is 3. The minimum Gasteiger partial charge on any atom is -0.328 e. The van der Waals surface area contributed by atoms with Crippen LogP contribution in [0.25, 0.3) is 11.4 Å². The molecule has 2 aliphatic rings. The number of carbonyl (C=O) groups excluding carboxylic acids is 1. The van der Waals surface area contributed by atoms with Crippen molar-refractivity contribution < 1.29 is 13.6 Å². The highest BCUT2D eigenvalue weighted by atomic mass is 19.1. The number of benzene rings is 2. The number of Topliss-reactive ketones (excluding diaryl/α,β-unsaturated/α-hetero) is 1. The highest BCUT2D eigenvalue weighted by Gasteiger charge is 2.37. The summed E-state index contributed by atoms with van der Waals surface area (Å²) in [7, 11) is 0. The topological polar surface area (TPSA) is 59.8 Å². The Morgan fingerprint density at radius 2 is 1.86 bits per heavy atom. The number of nitrogens with zero attached hydrogens (tertiary/aromatic N) is 3. The van der Waals surface area contributed by atoms with Crippen molar-refractivity contribution in [2.75, 3.05) is 5.32 Å². The van der Waals surface area contributed by atoms with E-state index in [0.29, 0.717) is 34.9 Å². The highest BCUT2D eigenvalue weighted by Crippen LogP contribution is 2.40. The molecule has 1 aliphatic heterocycles. The van der Waals surface area contributed by atoms with Crippen LogP contribution in [0.1, 0.15) is 30.9 Å². The summed E-state index contributed by atoms with van der Waals surface area (Å²) in [6.07, 6.45) is 1.95. The smallest absolute Gasteiger partial charge is 0.226 e. The molecule has 2 heterocycles. The van der Waals surface area contributed by atoms with Gasteiger partial charge in [0.25, 0.3) is 0 Å².